The third kappa shape index (κ3) is 6.66. The number of nitrogens with two attached hydrogens (primary N) is 1. The number of ether oxygens (including phenoxy) is 1. The van der Waals surface area contributed by atoms with Gasteiger partial charge in [-0.2, -0.15) is 11.8 Å². The fourth-order valence-corrected chi connectivity index (χ4v) is 3.86. The van der Waals surface area contributed by atoms with Gasteiger partial charge in [0.1, 0.15) is 12.3 Å². The molecule has 0 saturated heterocycles. The van der Waals surface area contributed by atoms with E-state index in [2.05, 4.69) is 5.16 Å². The summed E-state index contributed by atoms with van der Waals surface area (Å²) in [7, 11) is -3.77. The van der Waals surface area contributed by atoms with Crippen LogP contribution in [0, 0.1) is 0 Å². The molecule has 2 aromatic carbocycles. The first kappa shape index (κ1) is 25.1. The number of primary sulfonamides is 1. The van der Waals surface area contributed by atoms with Gasteiger partial charge in [-0.15, -0.1) is 0 Å². The van der Waals surface area contributed by atoms with Crippen molar-refractivity contribution in [2.24, 2.45) is 5.14 Å². The zero-order valence-corrected chi connectivity index (χ0v) is 17.3. The molecule has 156 valence electrons. The molecule has 10 heteroatoms. The molecule has 0 atom stereocenters. The van der Waals surface area contributed by atoms with Gasteiger partial charge in [0, 0.05) is 17.1 Å². The number of aliphatic hydroxyl groups is 1. The van der Waals surface area contributed by atoms with E-state index in [-0.39, 0.29) is 47.7 Å². The number of nitrogens with zero attached hydrogens (tertiary/aromatic N) is 1. The third-order valence-electron chi connectivity index (χ3n) is 4.12. The number of hydrogen-bond donors (Lipinski definition) is 2. The van der Waals surface area contributed by atoms with Crippen LogP contribution in [0.3, 0.4) is 0 Å². The van der Waals surface area contributed by atoms with Crippen LogP contribution in [0.25, 0.3) is 22.4 Å². The molecule has 0 aliphatic rings. The summed E-state index contributed by atoms with van der Waals surface area (Å²) in [5.74, 6) is 1.99. The van der Waals surface area contributed by atoms with Crippen molar-refractivity contribution in [3.8, 4) is 22.4 Å². The van der Waals surface area contributed by atoms with Crippen molar-refractivity contribution in [1.29, 1.82) is 0 Å². The Labute approximate surface area is 202 Å². The summed E-state index contributed by atoms with van der Waals surface area (Å²) in [6.45, 7) is 0.882. The van der Waals surface area contributed by atoms with Gasteiger partial charge in [-0.05, 0) is 17.7 Å². The van der Waals surface area contributed by atoms with E-state index in [1.54, 1.807) is 23.9 Å². The van der Waals surface area contributed by atoms with Gasteiger partial charge in [-0.25, -0.2) is 13.6 Å². The first-order chi connectivity index (χ1) is 14.0. The van der Waals surface area contributed by atoms with Crippen molar-refractivity contribution in [3.05, 3.63) is 60.4 Å². The molecule has 3 N–H and O–H groups in total. The number of aliphatic hydroxyl groups excluding tert-OH is 1. The van der Waals surface area contributed by atoms with Crippen molar-refractivity contribution in [2.75, 3.05) is 24.7 Å². The van der Waals surface area contributed by atoms with E-state index in [0.717, 1.165) is 22.4 Å². The Balaban J connectivity index is 0.00000320. The van der Waals surface area contributed by atoms with Crippen LogP contribution >= 0.6 is 11.8 Å². The van der Waals surface area contributed by atoms with Crippen LogP contribution in [-0.4, -0.2) is 73.0 Å². The van der Waals surface area contributed by atoms with Crippen molar-refractivity contribution >= 4 is 51.3 Å². The Kier molecular flexibility index (Phi) is 10.1. The van der Waals surface area contributed by atoms with Gasteiger partial charge in [0.15, 0.2) is 5.76 Å². The summed E-state index contributed by atoms with van der Waals surface area (Å²) in [5.41, 5.74) is 3.04. The van der Waals surface area contributed by atoms with Crippen LogP contribution in [0.4, 0.5) is 0 Å². The number of hydrogen-bond acceptors (Lipinski definition) is 7. The zero-order chi connectivity index (χ0) is 20.7. The summed E-state index contributed by atoms with van der Waals surface area (Å²) < 4.78 is 34.4. The molecule has 0 amide bonds. The molecule has 0 bridgehead atoms. The van der Waals surface area contributed by atoms with Crippen molar-refractivity contribution < 1.29 is 22.8 Å². The second-order valence-electron chi connectivity index (χ2n) is 6.15. The van der Waals surface area contributed by atoms with Gasteiger partial charge in [-0.3, -0.25) is 0 Å². The van der Waals surface area contributed by atoms with E-state index in [1.807, 2.05) is 30.3 Å². The van der Waals surface area contributed by atoms with Gasteiger partial charge >= 0.3 is 29.6 Å². The SMILES string of the molecule is NS(=O)(=O)c1ccc(-c2c(-c3ccccc3)noc2COCCSCCO)cc1.[NaH]. The minimum atomic E-state index is -3.77. The maximum atomic E-state index is 11.5. The second-order valence-corrected chi connectivity index (χ2v) is 8.94. The zero-order valence-electron chi connectivity index (χ0n) is 15.7. The maximum absolute atomic E-state index is 11.5. The molecule has 1 heterocycles. The molecule has 0 radical (unpaired) electrons. The average Bonchev–Trinajstić information content (AvgIpc) is 3.14. The van der Waals surface area contributed by atoms with E-state index in [0.29, 0.717) is 23.8 Å². The molecule has 0 aliphatic carbocycles. The summed E-state index contributed by atoms with van der Waals surface area (Å²) in [6.07, 6.45) is 0. The molecule has 30 heavy (non-hydrogen) atoms. The van der Waals surface area contributed by atoms with Crippen LogP contribution in [0.15, 0.2) is 64.0 Å². The molecule has 1 aromatic heterocycles. The van der Waals surface area contributed by atoms with Crippen molar-refractivity contribution in [2.45, 2.75) is 11.5 Å². The van der Waals surface area contributed by atoms with Crippen LogP contribution in [-0.2, 0) is 21.4 Å². The molecule has 0 unspecified atom stereocenters. The fourth-order valence-electron chi connectivity index (χ4n) is 2.77. The topological polar surface area (TPSA) is 116 Å². The normalized spacial score (nSPS) is 11.3. The molecular formula is C20H23N2NaO5S2. The van der Waals surface area contributed by atoms with Crippen LogP contribution in [0.2, 0.25) is 0 Å². The number of aromatic nitrogens is 1. The van der Waals surface area contributed by atoms with E-state index >= 15 is 0 Å². The summed E-state index contributed by atoms with van der Waals surface area (Å²) in [6, 6.07) is 15.9. The Bertz CT molecular complexity index is 1030. The first-order valence-electron chi connectivity index (χ1n) is 8.94. The first-order valence-corrected chi connectivity index (χ1v) is 11.6. The monoisotopic (exact) mass is 458 g/mol. The van der Waals surface area contributed by atoms with E-state index < -0.39 is 10.0 Å². The van der Waals surface area contributed by atoms with E-state index in [1.165, 1.54) is 12.1 Å². The Morgan fingerprint density at radius 3 is 2.37 bits per heavy atom. The Morgan fingerprint density at radius 1 is 1.03 bits per heavy atom. The fraction of sp³-hybridized carbons (Fsp3) is 0.250. The van der Waals surface area contributed by atoms with Crippen LogP contribution < -0.4 is 5.14 Å². The van der Waals surface area contributed by atoms with Crippen molar-refractivity contribution in [1.82, 2.24) is 5.16 Å². The van der Waals surface area contributed by atoms with Gasteiger partial charge in [-0.1, -0.05) is 47.6 Å². The molecule has 3 aromatic rings. The number of thioether (sulfide) groups is 1. The number of sulfonamides is 1. The second kappa shape index (κ2) is 12.0. The van der Waals surface area contributed by atoms with Gasteiger partial charge in [0.2, 0.25) is 10.0 Å². The molecule has 0 spiro atoms. The van der Waals surface area contributed by atoms with E-state index in [4.69, 9.17) is 19.5 Å². The number of rotatable bonds is 10. The summed E-state index contributed by atoms with van der Waals surface area (Å²) in [4.78, 5) is 0.0395. The molecule has 3 rings (SSSR count). The Hall–Kier alpha value is -1.17. The van der Waals surface area contributed by atoms with Crippen LogP contribution in [0.1, 0.15) is 5.76 Å². The predicted molar refractivity (Wildman–Crippen MR) is 120 cm³/mol. The van der Waals surface area contributed by atoms with Crippen LogP contribution in [0.5, 0.6) is 0 Å². The molecule has 0 saturated carbocycles. The third-order valence-corrected chi connectivity index (χ3v) is 5.98. The molecule has 0 fully saturated rings. The minimum absolute atomic E-state index is 0. The molecular weight excluding hydrogens is 435 g/mol. The summed E-state index contributed by atoms with van der Waals surface area (Å²) >= 11 is 1.60. The summed E-state index contributed by atoms with van der Waals surface area (Å²) in [5, 5.41) is 18.2. The van der Waals surface area contributed by atoms with Gasteiger partial charge < -0.3 is 14.4 Å². The molecule has 0 aliphatic heterocycles. The number of benzene rings is 2. The quantitative estimate of drug-likeness (QED) is 0.354. The average molecular weight is 459 g/mol. The van der Waals surface area contributed by atoms with Gasteiger partial charge in [0.25, 0.3) is 0 Å². The van der Waals surface area contributed by atoms with Crippen molar-refractivity contribution in [3.63, 3.8) is 0 Å². The van der Waals surface area contributed by atoms with Gasteiger partial charge in [0.05, 0.1) is 23.7 Å². The molecule has 7 nitrogen and oxygen atoms in total. The van der Waals surface area contributed by atoms with E-state index in [9.17, 15) is 8.42 Å². The Morgan fingerprint density at radius 2 is 1.73 bits per heavy atom. The standard InChI is InChI=1S/C20H22N2O5S2.Na.H/c21-29(24,25)17-8-6-15(7-9-17)19-18(14-26-11-13-28-12-10-23)27-22-20(19)16-4-2-1-3-5-16;;/h1-9,23H,10-14H2,(H2,21,24,25);;. The predicted octanol–water partition coefficient (Wildman–Crippen LogP) is 2.25.